The highest BCUT2D eigenvalue weighted by Gasteiger charge is 2.07. The fraction of sp³-hybridized carbons (Fsp3) is 0.364. The number of Topliss-reactive ketones (excluding diaryl/α,β-unsaturated/α-hetero) is 1. The van der Waals surface area contributed by atoms with Crippen LogP contribution in [0.4, 0.5) is 0 Å². The molecule has 0 aliphatic carbocycles. The Labute approximate surface area is 108 Å². The number of unbranched alkanes of at least 4 members (excludes halogenated alkanes) is 1. The third-order valence-electron chi connectivity index (χ3n) is 1.97. The minimum atomic E-state index is 0.0975. The van der Waals surface area contributed by atoms with E-state index in [1.165, 1.54) is 0 Å². The molecule has 1 nitrogen and oxygen atoms in total. The van der Waals surface area contributed by atoms with Gasteiger partial charge in [-0.2, -0.15) is 0 Å². The van der Waals surface area contributed by atoms with E-state index in [1.807, 2.05) is 0 Å². The first-order valence-corrected chi connectivity index (χ1v) is 6.56. The second-order valence-electron chi connectivity index (χ2n) is 3.23. The maximum absolute atomic E-state index is 11.7. The minimum absolute atomic E-state index is 0.0975. The minimum Gasteiger partial charge on any atom is -0.294 e. The van der Waals surface area contributed by atoms with Crippen LogP contribution in [0.1, 0.15) is 29.6 Å². The van der Waals surface area contributed by atoms with Gasteiger partial charge in [-0.3, -0.25) is 4.79 Å². The summed E-state index contributed by atoms with van der Waals surface area (Å²) in [5, 5.41) is 1.94. The van der Waals surface area contributed by atoms with Crippen molar-refractivity contribution >= 4 is 44.9 Å². The van der Waals surface area contributed by atoms with E-state index in [0.717, 1.165) is 18.2 Å². The van der Waals surface area contributed by atoms with Crippen LogP contribution in [0.3, 0.4) is 0 Å². The first-order valence-electron chi connectivity index (χ1n) is 4.68. The first-order chi connectivity index (χ1) is 7.13. The molecule has 0 saturated carbocycles. The summed E-state index contributed by atoms with van der Waals surface area (Å²) in [4.78, 5) is 11.7. The smallest absolute Gasteiger partial charge is 0.162 e. The van der Waals surface area contributed by atoms with Gasteiger partial charge in [0, 0.05) is 27.4 Å². The van der Waals surface area contributed by atoms with Crippen LogP contribution in [0.2, 0.25) is 10.0 Å². The van der Waals surface area contributed by atoms with Crippen LogP contribution in [0.5, 0.6) is 0 Å². The summed E-state index contributed by atoms with van der Waals surface area (Å²) >= 11 is 14.9. The molecule has 0 N–H and O–H groups in total. The average Bonchev–Trinajstić information content (AvgIpc) is 2.16. The van der Waals surface area contributed by atoms with Crippen molar-refractivity contribution in [1.82, 2.24) is 0 Å². The zero-order valence-corrected chi connectivity index (χ0v) is 11.2. The Morgan fingerprint density at radius 2 is 1.73 bits per heavy atom. The summed E-state index contributed by atoms with van der Waals surface area (Å²) in [6.45, 7) is 0. The van der Waals surface area contributed by atoms with Gasteiger partial charge >= 0.3 is 0 Å². The molecule has 1 aromatic carbocycles. The highest BCUT2D eigenvalue weighted by Crippen LogP contribution is 2.20. The van der Waals surface area contributed by atoms with E-state index < -0.39 is 0 Å². The maximum Gasteiger partial charge on any atom is 0.162 e. The van der Waals surface area contributed by atoms with Crippen molar-refractivity contribution in [2.24, 2.45) is 0 Å². The molecule has 0 aromatic heterocycles. The number of hydrogen-bond donors (Lipinski definition) is 0. The van der Waals surface area contributed by atoms with Gasteiger partial charge < -0.3 is 0 Å². The molecule has 0 aliphatic rings. The second kappa shape index (κ2) is 6.51. The van der Waals surface area contributed by atoms with E-state index >= 15 is 0 Å². The average molecular weight is 310 g/mol. The number of halogens is 3. The fourth-order valence-electron chi connectivity index (χ4n) is 1.24. The molecule has 0 atom stereocenters. The molecule has 0 aliphatic heterocycles. The molecule has 0 bridgehead atoms. The lowest BCUT2D eigenvalue weighted by atomic mass is 10.1. The van der Waals surface area contributed by atoms with E-state index in [4.69, 9.17) is 23.2 Å². The Morgan fingerprint density at radius 1 is 1.13 bits per heavy atom. The number of carbonyl (C=O) groups is 1. The molecule has 1 rings (SSSR count). The lowest BCUT2D eigenvalue weighted by Gasteiger charge is -2.02. The molecule has 0 unspecified atom stereocenters. The summed E-state index contributed by atoms with van der Waals surface area (Å²) < 4.78 is 0. The normalized spacial score (nSPS) is 10.3. The summed E-state index contributed by atoms with van der Waals surface area (Å²) in [6.07, 6.45) is 2.43. The summed E-state index contributed by atoms with van der Waals surface area (Å²) in [6, 6.07) is 4.94. The molecule has 1 aromatic rings. The van der Waals surface area contributed by atoms with Crippen molar-refractivity contribution in [1.29, 1.82) is 0 Å². The van der Waals surface area contributed by atoms with Crippen LogP contribution in [0.25, 0.3) is 0 Å². The van der Waals surface area contributed by atoms with E-state index in [0.29, 0.717) is 22.0 Å². The Hall–Kier alpha value is -0.0500. The molecule has 0 heterocycles. The topological polar surface area (TPSA) is 17.1 Å². The molecule has 0 fully saturated rings. The zero-order valence-electron chi connectivity index (χ0n) is 8.10. The third-order valence-corrected chi connectivity index (χ3v) is 2.97. The van der Waals surface area contributed by atoms with Crippen molar-refractivity contribution in [3.8, 4) is 0 Å². The van der Waals surface area contributed by atoms with E-state index in [1.54, 1.807) is 18.2 Å². The molecular formula is C11H11BrCl2O. The predicted molar refractivity (Wildman–Crippen MR) is 68.4 cm³/mol. The van der Waals surface area contributed by atoms with Gasteiger partial charge in [-0.05, 0) is 31.0 Å². The Bertz CT molecular complexity index is 332. The fourth-order valence-corrected chi connectivity index (χ4v) is 2.16. The van der Waals surface area contributed by atoms with Crippen LogP contribution in [-0.4, -0.2) is 11.1 Å². The first kappa shape index (κ1) is 13.0. The molecule has 82 valence electrons. The molecule has 0 amide bonds. The molecule has 0 saturated heterocycles. The van der Waals surface area contributed by atoms with Gasteiger partial charge in [-0.15, -0.1) is 0 Å². The standard InChI is InChI=1S/C11H11BrCl2O/c12-4-2-1-3-11(15)8-5-9(13)7-10(14)6-8/h5-7H,1-4H2. The number of rotatable bonds is 5. The molecule has 0 radical (unpaired) electrons. The lowest BCUT2D eigenvalue weighted by molar-refractivity contribution is 0.0980. The van der Waals surface area contributed by atoms with Crippen LogP contribution in [0.15, 0.2) is 18.2 Å². The molecule has 4 heteroatoms. The summed E-state index contributed by atoms with van der Waals surface area (Å²) in [5.74, 6) is 0.0975. The van der Waals surface area contributed by atoms with E-state index in [2.05, 4.69) is 15.9 Å². The highest BCUT2D eigenvalue weighted by molar-refractivity contribution is 9.09. The van der Waals surface area contributed by atoms with Crippen LogP contribution in [-0.2, 0) is 0 Å². The molecule has 0 spiro atoms. The van der Waals surface area contributed by atoms with Crippen molar-refractivity contribution in [3.63, 3.8) is 0 Å². The van der Waals surface area contributed by atoms with Crippen molar-refractivity contribution in [2.45, 2.75) is 19.3 Å². The van der Waals surface area contributed by atoms with Crippen molar-refractivity contribution < 1.29 is 4.79 Å². The number of ketones is 1. The van der Waals surface area contributed by atoms with Gasteiger partial charge in [-0.25, -0.2) is 0 Å². The largest absolute Gasteiger partial charge is 0.294 e. The van der Waals surface area contributed by atoms with Crippen molar-refractivity contribution in [2.75, 3.05) is 5.33 Å². The van der Waals surface area contributed by atoms with Crippen LogP contribution < -0.4 is 0 Å². The lowest BCUT2D eigenvalue weighted by Crippen LogP contribution is -1.99. The SMILES string of the molecule is O=C(CCCCBr)c1cc(Cl)cc(Cl)c1. The van der Waals surface area contributed by atoms with Gasteiger partial charge in [0.2, 0.25) is 0 Å². The van der Waals surface area contributed by atoms with Gasteiger partial charge in [0.1, 0.15) is 0 Å². The van der Waals surface area contributed by atoms with Gasteiger partial charge in [0.15, 0.2) is 5.78 Å². The highest BCUT2D eigenvalue weighted by atomic mass is 79.9. The zero-order chi connectivity index (χ0) is 11.3. The second-order valence-corrected chi connectivity index (χ2v) is 4.89. The molecular weight excluding hydrogens is 299 g/mol. The maximum atomic E-state index is 11.7. The van der Waals surface area contributed by atoms with Gasteiger partial charge in [0.05, 0.1) is 0 Å². The third kappa shape index (κ3) is 4.54. The monoisotopic (exact) mass is 308 g/mol. The number of carbonyl (C=O) groups excluding carboxylic acids is 1. The predicted octanol–water partition coefficient (Wildman–Crippen LogP) is 4.74. The van der Waals surface area contributed by atoms with Crippen LogP contribution in [0, 0.1) is 0 Å². The van der Waals surface area contributed by atoms with Crippen molar-refractivity contribution in [3.05, 3.63) is 33.8 Å². The summed E-state index contributed by atoms with van der Waals surface area (Å²) in [7, 11) is 0. The number of benzene rings is 1. The molecule has 15 heavy (non-hydrogen) atoms. The van der Waals surface area contributed by atoms with Gasteiger partial charge in [-0.1, -0.05) is 39.1 Å². The number of hydrogen-bond acceptors (Lipinski definition) is 1. The van der Waals surface area contributed by atoms with E-state index in [-0.39, 0.29) is 5.78 Å². The van der Waals surface area contributed by atoms with Gasteiger partial charge in [0.25, 0.3) is 0 Å². The Balaban J connectivity index is 2.65. The Kier molecular flexibility index (Phi) is 5.65. The quantitative estimate of drug-likeness (QED) is 0.436. The Morgan fingerprint density at radius 3 is 2.27 bits per heavy atom. The summed E-state index contributed by atoms with van der Waals surface area (Å²) in [5.41, 5.74) is 0.599. The number of alkyl halides is 1. The van der Waals surface area contributed by atoms with Crippen LogP contribution >= 0.6 is 39.1 Å². The van der Waals surface area contributed by atoms with E-state index in [9.17, 15) is 4.79 Å².